The van der Waals surface area contributed by atoms with E-state index in [1.54, 1.807) is 18.3 Å². The summed E-state index contributed by atoms with van der Waals surface area (Å²) in [6.45, 7) is 7.58. The van der Waals surface area contributed by atoms with Crippen LogP contribution in [-0.2, 0) is 14.3 Å². The number of carbonyl (C=O) groups excluding carboxylic acids is 2. The summed E-state index contributed by atoms with van der Waals surface area (Å²) >= 11 is 1.57. The second-order valence-electron chi connectivity index (χ2n) is 9.79. The lowest BCUT2D eigenvalue weighted by atomic mass is 9.79. The molecule has 2 N–H and O–H groups in total. The van der Waals surface area contributed by atoms with Crippen LogP contribution in [0.5, 0.6) is 0 Å². The number of aliphatic hydroxyl groups is 2. The number of aromatic nitrogens is 1. The summed E-state index contributed by atoms with van der Waals surface area (Å²) < 4.78 is 5.78. The van der Waals surface area contributed by atoms with E-state index in [9.17, 15) is 19.8 Å². The molecule has 2 heterocycles. The molecule has 6 nitrogen and oxygen atoms in total. The first-order valence-corrected chi connectivity index (χ1v) is 12.9. The lowest BCUT2D eigenvalue weighted by Gasteiger charge is -2.29. The van der Waals surface area contributed by atoms with Gasteiger partial charge >= 0.3 is 5.97 Å². The van der Waals surface area contributed by atoms with Crippen molar-refractivity contribution in [3.63, 3.8) is 0 Å². The highest BCUT2D eigenvalue weighted by atomic mass is 32.1. The van der Waals surface area contributed by atoms with Gasteiger partial charge in [0.25, 0.3) is 0 Å². The maximum absolute atomic E-state index is 13.2. The summed E-state index contributed by atoms with van der Waals surface area (Å²) in [6.07, 6.45) is 7.70. The highest BCUT2D eigenvalue weighted by Gasteiger charge is 2.57. The standard InChI is InChI=1S/C26H37NO5S/c1-16-9-7-5-6-8-10-21(17(2)13-20-15-33-19(4)27-20)32-23(29)14-22(28)26(11-12-26)25(31)18(3)24(16)30/h6,8,13,15-16,18,21-22,24,28,30H,5,7,9-12,14H2,1-4H3/b8-6-,17-13+/t16-,18+,21-,22+,24+/m1/s1. The van der Waals surface area contributed by atoms with Gasteiger partial charge in [0.15, 0.2) is 0 Å². The minimum absolute atomic E-state index is 0.0114. The van der Waals surface area contributed by atoms with Crippen LogP contribution >= 0.6 is 11.3 Å². The van der Waals surface area contributed by atoms with Crippen LogP contribution in [0.4, 0.5) is 0 Å². The van der Waals surface area contributed by atoms with E-state index in [0.29, 0.717) is 19.3 Å². The molecule has 1 spiro atoms. The average molecular weight is 476 g/mol. The number of rotatable bonds is 2. The van der Waals surface area contributed by atoms with Gasteiger partial charge in [-0.15, -0.1) is 11.3 Å². The molecule has 1 fully saturated rings. The molecule has 7 heteroatoms. The molecule has 0 aromatic carbocycles. The van der Waals surface area contributed by atoms with Crippen LogP contribution in [0.2, 0.25) is 0 Å². The van der Waals surface area contributed by atoms with Crippen LogP contribution in [0.15, 0.2) is 23.1 Å². The molecule has 2 aliphatic rings. The highest BCUT2D eigenvalue weighted by Crippen LogP contribution is 2.52. The van der Waals surface area contributed by atoms with Gasteiger partial charge in [-0.3, -0.25) is 9.59 Å². The number of hydrogen-bond acceptors (Lipinski definition) is 7. The van der Waals surface area contributed by atoms with Gasteiger partial charge in [-0.05, 0) is 63.5 Å². The lowest BCUT2D eigenvalue weighted by molar-refractivity contribution is -0.152. The fourth-order valence-electron chi connectivity index (χ4n) is 4.71. The second-order valence-corrected chi connectivity index (χ2v) is 10.9. The predicted octanol–water partition coefficient (Wildman–Crippen LogP) is 4.63. The number of aliphatic hydroxyl groups excluding tert-OH is 2. The monoisotopic (exact) mass is 475 g/mol. The Morgan fingerprint density at radius 2 is 1.97 bits per heavy atom. The van der Waals surface area contributed by atoms with Gasteiger partial charge < -0.3 is 14.9 Å². The quantitative estimate of drug-likeness (QED) is 0.478. The van der Waals surface area contributed by atoms with E-state index in [4.69, 9.17) is 4.74 Å². The Kier molecular flexibility index (Phi) is 8.65. The Bertz CT molecular complexity index is 900. The molecule has 0 amide bonds. The molecule has 182 valence electrons. The largest absolute Gasteiger partial charge is 0.457 e. The number of aryl methyl sites for hydroxylation is 1. The molecular weight excluding hydrogens is 438 g/mol. The minimum atomic E-state index is -1.10. The number of ether oxygens (including phenoxy) is 1. The number of hydrogen-bond donors (Lipinski definition) is 2. The maximum Gasteiger partial charge on any atom is 0.309 e. The molecule has 1 saturated carbocycles. The molecular formula is C26H37NO5S. The van der Waals surface area contributed by atoms with Gasteiger partial charge in [-0.25, -0.2) is 4.98 Å². The Morgan fingerprint density at radius 3 is 2.61 bits per heavy atom. The van der Waals surface area contributed by atoms with E-state index >= 15 is 0 Å². The van der Waals surface area contributed by atoms with Crippen LogP contribution in [0, 0.1) is 24.2 Å². The van der Waals surface area contributed by atoms with Crippen LogP contribution in [-0.4, -0.2) is 45.3 Å². The van der Waals surface area contributed by atoms with Gasteiger partial charge in [-0.2, -0.15) is 0 Å². The first-order chi connectivity index (χ1) is 15.6. The topological polar surface area (TPSA) is 96.7 Å². The SMILES string of the molecule is C/C(=C\c1csc(C)n1)[C@H]1C/C=C\CCC[C@@H](C)[C@H](O)[C@H](C)C(=O)C2(CC2)[C@@H](O)CC(=O)O1. The Labute approximate surface area is 200 Å². The van der Waals surface area contributed by atoms with Crippen LogP contribution in [0.3, 0.4) is 0 Å². The van der Waals surface area contributed by atoms with Crippen LogP contribution in [0.25, 0.3) is 6.08 Å². The van der Waals surface area contributed by atoms with Crippen molar-refractivity contribution in [3.8, 4) is 0 Å². The Morgan fingerprint density at radius 1 is 1.24 bits per heavy atom. The minimum Gasteiger partial charge on any atom is -0.457 e. The van der Waals surface area contributed by atoms with Crippen molar-refractivity contribution in [1.29, 1.82) is 0 Å². The third-order valence-electron chi connectivity index (χ3n) is 7.13. The highest BCUT2D eigenvalue weighted by molar-refractivity contribution is 7.09. The number of carbonyl (C=O) groups is 2. The van der Waals surface area contributed by atoms with E-state index in [0.717, 1.165) is 35.5 Å². The van der Waals surface area contributed by atoms with Crippen molar-refractivity contribution < 1.29 is 24.5 Å². The summed E-state index contributed by atoms with van der Waals surface area (Å²) in [4.78, 5) is 30.4. The van der Waals surface area contributed by atoms with Crippen molar-refractivity contribution in [1.82, 2.24) is 4.98 Å². The number of esters is 1. The van der Waals surface area contributed by atoms with Crippen molar-refractivity contribution in [3.05, 3.63) is 33.8 Å². The maximum atomic E-state index is 13.2. The lowest BCUT2D eigenvalue weighted by Crippen LogP contribution is -2.41. The fraction of sp³-hybridized carbons (Fsp3) is 0.654. The first kappa shape index (κ1) is 25.8. The third kappa shape index (κ3) is 6.40. The zero-order valence-electron chi connectivity index (χ0n) is 20.1. The molecule has 5 atom stereocenters. The van der Waals surface area contributed by atoms with Crippen molar-refractivity contribution >= 4 is 29.2 Å². The number of allylic oxidation sites excluding steroid dienone is 1. The summed E-state index contributed by atoms with van der Waals surface area (Å²) in [5.41, 5.74) is 0.789. The van der Waals surface area contributed by atoms with Gasteiger partial charge in [0.1, 0.15) is 11.9 Å². The van der Waals surface area contributed by atoms with Gasteiger partial charge in [0, 0.05) is 17.7 Å². The van der Waals surface area contributed by atoms with Crippen molar-refractivity contribution in [2.24, 2.45) is 17.3 Å². The van der Waals surface area contributed by atoms with E-state index in [1.165, 1.54) is 0 Å². The normalized spacial score (nSPS) is 33.0. The van der Waals surface area contributed by atoms with Gasteiger partial charge in [0.05, 0.1) is 34.7 Å². The molecule has 1 aliphatic carbocycles. The molecule has 1 aromatic rings. The molecule has 0 saturated heterocycles. The van der Waals surface area contributed by atoms with E-state index < -0.39 is 35.6 Å². The fourth-order valence-corrected chi connectivity index (χ4v) is 5.28. The zero-order chi connectivity index (χ0) is 24.2. The molecule has 0 unspecified atom stereocenters. The number of ketones is 1. The molecule has 1 aromatic heterocycles. The molecule has 0 radical (unpaired) electrons. The number of thiazole rings is 1. The smallest absolute Gasteiger partial charge is 0.309 e. The predicted molar refractivity (Wildman–Crippen MR) is 130 cm³/mol. The molecule has 33 heavy (non-hydrogen) atoms. The Hall–Kier alpha value is -1.83. The van der Waals surface area contributed by atoms with Gasteiger partial charge in [0.2, 0.25) is 0 Å². The molecule has 3 rings (SSSR count). The van der Waals surface area contributed by atoms with Crippen LogP contribution in [0.1, 0.15) is 76.4 Å². The third-order valence-corrected chi connectivity index (χ3v) is 7.92. The zero-order valence-corrected chi connectivity index (χ0v) is 20.9. The number of cyclic esters (lactones) is 1. The average Bonchev–Trinajstić information content (AvgIpc) is 3.49. The Balaban J connectivity index is 1.80. The number of Topliss-reactive ketones (excluding diaryl/α,β-unsaturated/α-hetero) is 1. The molecule has 1 aliphatic heterocycles. The summed E-state index contributed by atoms with van der Waals surface area (Å²) in [6, 6.07) is 0. The summed E-state index contributed by atoms with van der Waals surface area (Å²) in [5.74, 6) is -1.24. The van der Waals surface area contributed by atoms with E-state index in [-0.39, 0.29) is 18.1 Å². The second kappa shape index (κ2) is 11.1. The van der Waals surface area contributed by atoms with Crippen molar-refractivity contribution in [2.75, 3.05) is 0 Å². The molecule has 0 bridgehead atoms. The first-order valence-electron chi connectivity index (χ1n) is 12.0. The summed E-state index contributed by atoms with van der Waals surface area (Å²) in [5, 5.41) is 24.5. The number of nitrogens with zero attached hydrogens (tertiary/aromatic N) is 1. The van der Waals surface area contributed by atoms with E-state index in [1.807, 2.05) is 38.3 Å². The van der Waals surface area contributed by atoms with E-state index in [2.05, 4.69) is 11.1 Å². The van der Waals surface area contributed by atoms with Crippen molar-refractivity contribution in [2.45, 2.75) is 91.0 Å². The van der Waals surface area contributed by atoms with Crippen LogP contribution < -0.4 is 0 Å². The summed E-state index contributed by atoms with van der Waals surface area (Å²) in [7, 11) is 0. The van der Waals surface area contributed by atoms with Gasteiger partial charge in [-0.1, -0.05) is 26.0 Å².